The molecule has 34 heavy (non-hydrogen) atoms. The van der Waals surface area contributed by atoms with Gasteiger partial charge in [0.15, 0.2) is 15.5 Å². The van der Waals surface area contributed by atoms with Crippen LogP contribution in [0.5, 0.6) is 5.88 Å². The van der Waals surface area contributed by atoms with Gasteiger partial charge in [0.25, 0.3) is 0 Å². The Labute approximate surface area is 203 Å². The van der Waals surface area contributed by atoms with Crippen molar-refractivity contribution in [2.75, 3.05) is 12.9 Å². The van der Waals surface area contributed by atoms with E-state index in [9.17, 15) is 8.42 Å². The van der Waals surface area contributed by atoms with E-state index >= 15 is 0 Å². The van der Waals surface area contributed by atoms with Gasteiger partial charge in [0.1, 0.15) is 5.52 Å². The first-order valence-corrected chi connectivity index (χ1v) is 13.8. The zero-order chi connectivity index (χ0) is 25.2. The Morgan fingerprint density at radius 3 is 2.38 bits per heavy atom. The lowest BCUT2D eigenvalue weighted by Gasteiger charge is -2.19. The summed E-state index contributed by atoms with van der Waals surface area (Å²) in [6.45, 7) is 16.3. The number of sulfone groups is 1. The summed E-state index contributed by atoms with van der Waals surface area (Å²) >= 11 is 0. The van der Waals surface area contributed by atoms with Crippen molar-refractivity contribution in [2.45, 2.75) is 77.7 Å². The molecule has 1 atom stereocenters. The standard InChI is InChI=1S/C26H36N4O3S/c1-9-13-16(5)22-21(34(8,31)32)14-20(26(29-22)33-12-4)24-18(7)27-25-23(28-24)17(6)15-30(25)19(10-2)11-3/h9,14-16,19H,1,10-13H2,2-8H3. The molecule has 0 spiro atoms. The zero-order valence-corrected chi connectivity index (χ0v) is 22.2. The number of aromatic nitrogens is 4. The Morgan fingerprint density at radius 2 is 1.82 bits per heavy atom. The number of pyridine rings is 1. The first kappa shape index (κ1) is 25.9. The number of aryl methyl sites for hydroxylation is 2. The summed E-state index contributed by atoms with van der Waals surface area (Å²) in [7, 11) is -3.54. The van der Waals surface area contributed by atoms with E-state index in [1.54, 1.807) is 12.1 Å². The number of fused-ring (bicyclic) bond motifs is 1. The van der Waals surface area contributed by atoms with Crippen LogP contribution in [0.4, 0.5) is 0 Å². The van der Waals surface area contributed by atoms with E-state index < -0.39 is 9.84 Å². The summed E-state index contributed by atoms with van der Waals surface area (Å²) in [6, 6.07) is 2.00. The number of nitrogens with zero attached hydrogens (tertiary/aromatic N) is 4. The molecule has 0 aliphatic heterocycles. The van der Waals surface area contributed by atoms with Crippen molar-refractivity contribution in [1.29, 1.82) is 0 Å². The van der Waals surface area contributed by atoms with Crippen molar-refractivity contribution in [3.05, 3.63) is 41.9 Å². The maximum absolute atomic E-state index is 12.8. The third-order valence-corrected chi connectivity index (χ3v) is 7.37. The number of hydrogen-bond donors (Lipinski definition) is 0. The molecule has 1 unspecified atom stereocenters. The summed E-state index contributed by atoms with van der Waals surface area (Å²) in [5.74, 6) is 0.246. The Balaban J connectivity index is 2.33. The van der Waals surface area contributed by atoms with Crippen LogP contribution in [0.1, 0.15) is 75.9 Å². The van der Waals surface area contributed by atoms with Gasteiger partial charge in [-0.25, -0.2) is 23.4 Å². The van der Waals surface area contributed by atoms with Gasteiger partial charge in [-0.3, -0.25) is 0 Å². The highest BCUT2D eigenvalue weighted by Gasteiger charge is 2.26. The van der Waals surface area contributed by atoms with Crippen molar-refractivity contribution in [1.82, 2.24) is 19.5 Å². The van der Waals surface area contributed by atoms with Crippen molar-refractivity contribution >= 4 is 21.0 Å². The van der Waals surface area contributed by atoms with Crippen LogP contribution in [-0.2, 0) is 9.84 Å². The molecule has 0 aliphatic carbocycles. The predicted octanol–water partition coefficient (Wildman–Crippen LogP) is 5.95. The summed E-state index contributed by atoms with van der Waals surface area (Å²) in [6.07, 6.45) is 7.69. The highest BCUT2D eigenvalue weighted by Crippen LogP contribution is 2.37. The minimum Gasteiger partial charge on any atom is -0.477 e. The van der Waals surface area contributed by atoms with Gasteiger partial charge in [-0.05, 0) is 51.7 Å². The second kappa shape index (κ2) is 10.3. The highest BCUT2D eigenvalue weighted by atomic mass is 32.2. The lowest BCUT2D eigenvalue weighted by Crippen LogP contribution is -2.11. The van der Waals surface area contributed by atoms with Gasteiger partial charge in [0.05, 0.1) is 34.1 Å². The number of ether oxygens (including phenoxy) is 1. The van der Waals surface area contributed by atoms with Crippen LogP contribution in [0, 0.1) is 13.8 Å². The molecule has 8 heteroatoms. The van der Waals surface area contributed by atoms with E-state index in [4.69, 9.17) is 19.7 Å². The molecule has 0 amide bonds. The van der Waals surface area contributed by atoms with Gasteiger partial charge >= 0.3 is 0 Å². The van der Waals surface area contributed by atoms with Gasteiger partial charge in [0, 0.05) is 24.4 Å². The Hall–Kier alpha value is -2.74. The van der Waals surface area contributed by atoms with Gasteiger partial charge in [-0.15, -0.1) is 6.58 Å². The maximum atomic E-state index is 12.8. The molecule has 3 rings (SSSR count). The highest BCUT2D eigenvalue weighted by molar-refractivity contribution is 7.90. The van der Waals surface area contributed by atoms with E-state index in [1.165, 1.54) is 6.26 Å². The molecule has 0 saturated carbocycles. The average molecular weight is 485 g/mol. The zero-order valence-electron chi connectivity index (χ0n) is 21.3. The first-order valence-electron chi connectivity index (χ1n) is 11.9. The lowest BCUT2D eigenvalue weighted by atomic mass is 10.0. The molecule has 0 N–H and O–H groups in total. The first-order chi connectivity index (χ1) is 16.1. The van der Waals surface area contributed by atoms with Gasteiger partial charge < -0.3 is 9.30 Å². The SMILES string of the molecule is C=CCC(C)c1nc(OCC)c(-c2nc3c(C)cn(C(CC)CC)c3nc2C)cc1S(C)(=O)=O. The number of rotatable bonds is 10. The van der Waals surface area contributed by atoms with Crippen molar-refractivity contribution in [3.63, 3.8) is 0 Å². The molecule has 3 aromatic rings. The molecule has 184 valence electrons. The third kappa shape index (κ3) is 4.87. The summed E-state index contributed by atoms with van der Waals surface area (Å²) < 4.78 is 33.6. The molecule has 0 fully saturated rings. The topological polar surface area (TPSA) is 87.0 Å². The van der Waals surface area contributed by atoms with E-state index in [2.05, 4.69) is 31.2 Å². The molecule has 3 heterocycles. The quantitative estimate of drug-likeness (QED) is 0.330. The van der Waals surface area contributed by atoms with Crippen molar-refractivity contribution in [2.24, 2.45) is 0 Å². The maximum Gasteiger partial charge on any atom is 0.223 e. The molecule has 0 aromatic carbocycles. The smallest absolute Gasteiger partial charge is 0.223 e. The van der Waals surface area contributed by atoms with Gasteiger partial charge in [-0.1, -0.05) is 26.8 Å². The predicted molar refractivity (Wildman–Crippen MR) is 137 cm³/mol. The molecular formula is C26H36N4O3S. The molecular weight excluding hydrogens is 448 g/mol. The van der Waals surface area contributed by atoms with Crippen LogP contribution >= 0.6 is 0 Å². The Bertz CT molecular complexity index is 1310. The van der Waals surface area contributed by atoms with Crippen LogP contribution in [0.2, 0.25) is 0 Å². The monoisotopic (exact) mass is 484 g/mol. The number of hydrogen-bond acceptors (Lipinski definition) is 6. The number of allylic oxidation sites excluding steroid dienone is 1. The summed E-state index contributed by atoms with van der Waals surface area (Å²) in [5.41, 5.74) is 4.99. The van der Waals surface area contributed by atoms with Crippen LogP contribution < -0.4 is 4.74 Å². The fourth-order valence-corrected chi connectivity index (χ4v) is 5.38. The molecule has 7 nitrogen and oxygen atoms in total. The second-order valence-corrected chi connectivity index (χ2v) is 10.9. The summed E-state index contributed by atoms with van der Waals surface area (Å²) in [5, 5.41) is 0. The van der Waals surface area contributed by atoms with Gasteiger partial charge in [0.2, 0.25) is 5.88 Å². The average Bonchev–Trinajstić information content (AvgIpc) is 3.08. The van der Waals surface area contributed by atoms with E-state index in [-0.39, 0.29) is 10.8 Å². The Morgan fingerprint density at radius 1 is 1.15 bits per heavy atom. The lowest BCUT2D eigenvalue weighted by molar-refractivity contribution is 0.326. The van der Waals surface area contributed by atoms with Crippen LogP contribution in [0.15, 0.2) is 29.8 Å². The third-order valence-electron chi connectivity index (χ3n) is 6.24. The van der Waals surface area contributed by atoms with Crippen molar-refractivity contribution in [3.8, 4) is 17.1 Å². The fraction of sp³-hybridized carbons (Fsp3) is 0.500. The molecule has 0 saturated heterocycles. The van der Waals surface area contributed by atoms with E-state index in [0.29, 0.717) is 47.6 Å². The summed E-state index contributed by atoms with van der Waals surface area (Å²) in [4.78, 5) is 14.8. The molecule has 0 aliphatic rings. The van der Waals surface area contributed by atoms with Crippen molar-refractivity contribution < 1.29 is 13.2 Å². The van der Waals surface area contributed by atoms with E-state index in [1.807, 2.05) is 27.7 Å². The molecule has 0 radical (unpaired) electrons. The van der Waals surface area contributed by atoms with E-state index in [0.717, 1.165) is 29.6 Å². The largest absolute Gasteiger partial charge is 0.477 e. The minimum absolute atomic E-state index is 0.124. The minimum atomic E-state index is -3.54. The van der Waals surface area contributed by atoms with Crippen LogP contribution in [-0.4, -0.2) is 40.8 Å². The van der Waals surface area contributed by atoms with Crippen LogP contribution in [0.3, 0.4) is 0 Å². The van der Waals surface area contributed by atoms with Gasteiger partial charge in [-0.2, -0.15) is 0 Å². The molecule has 0 bridgehead atoms. The molecule has 3 aromatic heterocycles. The normalized spacial score (nSPS) is 12.9. The Kier molecular flexibility index (Phi) is 7.81. The fourth-order valence-electron chi connectivity index (χ4n) is 4.42. The van der Waals surface area contributed by atoms with Crippen LogP contribution in [0.25, 0.3) is 22.4 Å². The second-order valence-electron chi connectivity index (χ2n) is 8.87.